The molecule has 3 rings (SSSR count). The van der Waals surface area contributed by atoms with Gasteiger partial charge in [0.05, 0.1) is 22.7 Å². The van der Waals surface area contributed by atoms with Crippen molar-refractivity contribution in [1.29, 1.82) is 5.26 Å². The summed E-state index contributed by atoms with van der Waals surface area (Å²) in [6, 6.07) is 14.2. The molecule has 6 nitrogen and oxygen atoms in total. The van der Waals surface area contributed by atoms with E-state index >= 15 is 0 Å². The zero-order valence-corrected chi connectivity index (χ0v) is 12.6. The second-order valence-corrected chi connectivity index (χ2v) is 5.00. The number of esters is 1. The molecular weight excluding hydrogens is 292 g/mol. The van der Waals surface area contributed by atoms with E-state index in [-0.39, 0.29) is 6.61 Å². The third-order valence-electron chi connectivity index (χ3n) is 3.48. The molecule has 1 heterocycles. The summed E-state index contributed by atoms with van der Waals surface area (Å²) in [5.74, 6) is -0.430. The van der Waals surface area contributed by atoms with Crippen molar-refractivity contribution in [3.8, 4) is 6.07 Å². The molecule has 23 heavy (non-hydrogen) atoms. The summed E-state index contributed by atoms with van der Waals surface area (Å²) in [6.45, 7) is 2.81. The van der Waals surface area contributed by atoms with Crippen LogP contribution in [0.5, 0.6) is 0 Å². The summed E-state index contributed by atoms with van der Waals surface area (Å²) in [7, 11) is 0. The molecule has 0 aliphatic rings. The fourth-order valence-corrected chi connectivity index (χ4v) is 2.30. The van der Waals surface area contributed by atoms with E-state index in [2.05, 4.69) is 16.4 Å². The average Bonchev–Trinajstić information content (AvgIpc) is 3.02. The minimum absolute atomic E-state index is 0.119. The quantitative estimate of drug-likeness (QED) is 0.692. The lowest BCUT2D eigenvalue weighted by Gasteiger charge is -2.05. The van der Waals surface area contributed by atoms with E-state index in [1.807, 2.05) is 19.1 Å². The molecule has 114 valence electrons. The molecule has 0 bridgehead atoms. The van der Waals surface area contributed by atoms with E-state index in [0.717, 1.165) is 17.6 Å². The van der Waals surface area contributed by atoms with E-state index in [9.17, 15) is 4.79 Å². The zero-order valence-electron chi connectivity index (χ0n) is 12.6. The molecule has 0 aliphatic carbocycles. The van der Waals surface area contributed by atoms with E-state index in [1.54, 1.807) is 35.0 Å². The third-order valence-corrected chi connectivity index (χ3v) is 3.48. The van der Waals surface area contributed by atoms with Crippen LogP contribution in [0.4, 0.5) is 0 Å². The summed E-state index contributed by atoms with van der Waals surface area (Å²) in [5.41, 5.74) is 3.28. The SMILES string of the molecule is CCn1nnc2cc(C(=O)OCc3cccc(C#N)c3)ccc21. The molecule has 0 atom stereocenters. The first-order valence-electron chi connectivity index (χ1n) is 7.20. The summed E-state index contributed by atoms with van der Waals surface area (Å²) < 4.78 is 7.05. The molecule has 1 aromatic heterocycles. The van der Waals surface area contributed by atoms with Crippen LogP contribution >= 0.6 is 0 Å². The van der Waals surface area contributed by atoms with Gasteiger partial charge in [0, 0.05) is 6.54 Å². The Balaban J connectivity index is 1.74. The highest BCUT2D eigenvalue weighted by atomic mass is 16.5. The zero-order chi connectivity index (χ0) is 16.2. The Morgan fingerprint density at radius 1 is 1.30 bits per heavy atom. The van der Waals surface area contributed by atoms with Crippen molar-refractivity contribution < 1.29 is 9.53 Å². The van der Waals surface area contributed by atoms with E-state index in [1.165, 1.54) is 0 Å². The molecule has 2 aromatic carbocycles. The van der Waals surface area contributed by atoms with Gasteiger partial charge in [-0.2, -0.15) is 5.26 Å². The Morgan fingerprint density at radius 2 is 2.17 bits per heavy atom. The summed E-state index contributed by atoms with van der Waals surface area (Å²) in [5, 5.41) is 16.9. The standard InChI is InChI=1S/C17H14N4O2/c1-2-21-16-7-6-14(9-15(16)19-20-21)17(22)23-11-13-5-3-4-12(8-13)10-18/h3-9H,2,11H2,1H3. The molecule has 0 N–H and O–H groups in total. The number of rotatable bonds is 4. The van der Waals surface area contributed by atoms with Gasteiger partial charge in [0.15, 0.2) is 0 Å². The highest BCUT2D eigenvalue weighted by molar-refractivity contribution is 5.93. The predicted octanol–water partition coefficient (Wildman–Crippen LogP) is 2.68. The highest BCUT2D eigenvalue weighted by Gasteiger charge is 2.11. The first-order chi connectivity index (χ1) is 11.2. The van der Waals surface area contributed by atoms with Gasteiger partial charge in [0.25, 0.3) is 0 Å². The molecular formula is C17H14N4O2. The van der Waals surface area contributed by atoms with E-state index < -0.39 is 5.97 Å². The lowest BCUT2D eigenvalue weighted by Crippen LogP contribution is -2.05. The lowest BCUT2D eigenvalue weighted by atomic mass is 10.1. The van der Waals surface area contributed by atoms with Gasteiger partial charge in [-0.1, -0.05) is 17.3 Å². The Hall–Kier alpha value is -3.20. The number of nitriles is 1. The number of benzene rings is 2. The minimum atomic E-state index is -0.430. The second-order valence-electron chi connectivity index (χ2n) is 5.00. The summed E-state index contributed by atoms with van der Waals surface area (Å²) in [6.07, 6.45) is 0. The molecule has 0 aliphatic heterocycles. The summed E-state index contributed by atoms with van der Waals surface area (Å²) >= 11 is 0. The Kier molecular flexibility index (Phi) is 4.02. The fourth-order valence-electron chi connectivity index (χ4n) is 2.30. The lowest BCUT2D eigenvalue weighted by molar-refractivity contribution is 0.0473. The van der Waals surface area contributed by atoms with Crippen LogP contribution in [-0.2, 0) is 17.9 Å². The number of fused-ring (bicyclic) bond motifs is 1. The Morgan fingerprint density at radius 3 is 2.96 bits per heavy atom. The van der Waals surface area contributed by atoms with Gasteiger partial charge in [-0.3, -0.25) is 0 Å². The Bertz CT molecular complexity index is 908. The van der Waals surface area contributed by atoms with Gasteiger partial charge < -0.3 is 4.74 Å². The first-order valence-corrected chi connectivity index (χ1v) is 7.20. The number of carbonyl (C=O) groups is 1. The van der Waals surface area contributed by atoms with Gasteiger partial charge in [-0.15, -0.1) is 5.10 Å². The van der Waals surface area contributed by atoms with Crippen LogP contribution in [0.15, 0.2) is 42.5 Å². The van der Waals surface area contributed by atoms with Crippen molar-refractivity contribution in [2.24, 2.45) is 0 Å². The maximum absolute atomic E-state index is 12.2. The summed E-state index contributed by atoms with van der Waals surface area (Å²) in [4.78, 5) is 12.2. The van der Waals surface area contributed by atoms with Crippen LogP contribution < -0.4 is 0 Å². The fraction of sp³-hybridized carbons (Fsp3) is 0.176. The van der Waals surface area contributed by atoms with Crippen LogP contribution in [0, 0.1) is 11.3 Å². The number of ether oxygens (including phenoxy) is 1. The molecule has 3 aromatic rings. The molecule has 6 heteroatoms. The topological polar surface area (TPSA) is 80.8 Å². The van der Waals surface area contributed by atoms with Crippen LogP contribution in [0.3, 0.4) is 0 Å². The van der Waals surface area contributed by atoms with Crippen molar-refractivity contribution in [1.82, 2.24) is 15.0 Å². The van der Waals surface area contributed by atoms with E-state index in [4.69, 9.17) is 10.00 Å². The van der Waals surface area contributed by atoms with Crippen LogP contribution in [0.25, 0.3) is 11.0 Å². The monoisotopic (exact) mass is 306 g/mol. The van der Waals surface area contributed by atoms with Gasteiger partial charge in [0.2, 0.25) is 0 Å². The van der Waals surface area contributed by atoms with Gasteiger partial charge in [0.1, 0.15) is 12.1 Å². The largest absolute Gasteiger partial charge is 0.457 e. The normalized spacial score (nSPS) is 10.4. The van der Waals surface area contributed by atoms with Crippen molar-refractivity contribution >= 4 is 17.0 Å². The molecule has 0 radical (unpaired) electrons. The van der Waals surface area contributed by atoms with Crippen molar-refractivity contribution in [2.75, 3.05) is 0 Å². The molecule has 0 saturated carbocycles. The molecule has 0 saturated heterocycles. The molecule has 0 fully saturated rings. The van der Waals surface area contributed by atoms with Crippen LogP contribution in [0.2, 0.25) is 0 Å². The number of carbonyl (C=O) groups excluding carboxylic acids is 1. The second kappa shape index (κ2) is 6.28. The first kappa shape index (κ1) is 14.7. The van der Waals surface area contributed by atoms with Gasteiger partial charge in [-0.05, 0) is 42.8 Å². The van der Waals surface area contributed by atoms with Crippen LogP contribution in [-0.4, -0.2) is 21.0 Å². The number of aryl methyl sites for hydroxylation is 1. The number of hydrogen-bond acceptors (Lipinski definition) is 5. The predicted molar refractivity (Wildman–Crippen MR) is 83.5 cm³/mol. The number of nitrogens with zero attached hydrogens (tertiary/aromatic N) is 4. The number of aromatic nitrogens is 3. The smallest absolute Gasteiger partial charge is 0.338 e. The molecule has 0 amide bonds. The molecule has 0 spiro atoms. The van der Waals surface area contributed by atoms with Crippen molar-refractivity contribution in [3.05, 3.63) is 59.2 Å². The van der Waals surface area contributed by atoms with Crippen molar-refractivity contribution in [3.63, 3.8) is 0 Å². The maximum atomic E-state index is 12.2. The Labute approximate surface area is 132 Å². The minimum Gasteiger partial charge on any atom is -0.457 e. The van der Waals surface area contributed by atoms with Gasteiger partial charge in [-0.25, -0.2) is 9.48 Å². The third kappa shape index (κ3) is 3.04. The number of hydrogen-bond donors (Lipinski definition) is 0. The maximum Gasteiger partial charge on any atom is 0.338 e. The average molecular weight is 306 g/mol. The van der Waals surface area contributed by atoms with Crippen molar-refractivity contribution in [2.45, 2.75) is 20.1 Å². The van der Waals surface area contributed by atoms with Crippen LogP contribution in [0.1, 0.15) is 28.4 Å². The van der Waals surface area contributed by atoms with E-state index in [0.29, 0.717) is 16.6 Å². The molecule has 0 unspecified atom stereocenters. The highest BCUT2D eigenvalue weighted by Crippen LogP contribution is 2.15. The van der Waals surface area contributed by atoms with Gasteiger partial charge >= 0.3 is 5.97 Å².